The summed E-state index contributed by atoms with van der Waals surface area (Å²) < 4.78 is 0. The SMILES string of the molecule is NCC1(N2Cc3ccccc3C2)CCCC(C2CC2)C1. The molecule has 0 radical (unpaired) electrons. The van der Waals surface area contributed by atoms with E-state index in [2.05, 4.69) is 29.2 Å². The molecule has 2 nitrogen and oxygen atoms in total. The number of nitrogens with two attached hydrogens (primary N) is 1. The van der Waals surface area contributed by atoms with Crippen LogP contribution in [0.3, 0.4) is 0 Å². The van der Waals surface area contributed by atoms with E-state index in [1.165, 1.54) is 49.7 Å². The maximum Gasteiger partial charge on any atom is 0.0341 e. The second-order valence-corrected chi connectivity index (χ2v) is 7.25. The van der Waals surface area contributed by atoms with E-state index < -0.39 is 0 Å². The lowest BCUT2D eigenvalue weighted by Gasteiger charge is -2.47. The van der Waals surface area contributed by atoms with Gasteiger partial charge in [0.05, 0.1) is 0 Å². The first-order valence-electron chi connectivity index (χ1n) is 8.33. The van der Waals surface area contributed by atoms with Gasteiger partial charge in [-0.3, -0.25) is 4.90 Å². The van der Waals surface area contributed by atoms with Crippen LogP contribution in [0.5, 0.6) is 0 Å². The van der Waals surface area contributed by atoms with Crippen molar-refractivity contribution in [2.24, 2.45) is 17.6 Å². The molecule has 2 unspecified atom stereocenters. The highest BCUT2D eigenvalue weighted by atomic mass is 15.2. The van der Waals surface area contributed by atoms with Crippen LogP contribution in [0.25, 0.3) is 0 Å². The van der Waals surface area contributed by atoms with Crippen LogP contribution in [0, 0.1) is 11.8 Å². The summed E-state index contributed by atoms with van der Waals surface area (Å²) in [5.74, 6) is 1.99. The molecule has 0 spiro atoms. The van der Waals surface area contributed by atoms with Crippen molar-refractivity contribution >= 4 is 0 Å². The van der Waals surface area contributed by atoms with Crippen molar-refractivity contribution in [2.45, 2.75) is 57.2 Å². The molecule has 0 amide bonds. The van der Waals surface area contributed by atoms with Gasteiger partial charge >= 0.3 is 0 Å². The number of hydrogen-bond donors (Lipinski definition) is 1. The minimum absolute atomic E-state index is 0.282. The molecular weight excluding hydrogens is 244 g/mol. The zero-order chi connectivity index (χ0) is 13.6. The molecule has 2 heteroatoms. The summed E-state index contributed by atoms with van der Waals surface area (Å²) in [6.45, 7) is 3.07. The van der Waals surface area contributed by atoms with E-state index in [0.29, 0.717) is 0 Å². The molecule has 3 aliphatic rings. The van der Waals surface area contributed by atoms with Crippen LogP contribution >= 0.6 is 0 Å². The van der Waals surface area contributed by atoms with Crippen LogP contribution in [0.1, 0.15) is 49.7 Å². The van der Waals surface area contributed by atoms with E-state index in [4.69, 9.17) is 5.73 Å². The quantitative estimate of drug-likeness (QED) is 0.913. The summed E-state index contributed by atoms with van der Waals surface area (Å²) >= 11 is 0. The molecule has 2 fully saturated rings. The summed E-state index contributed by atoms with van der Waals surface area (Å²) in [5, 5.41) is 0. The molecule has 2 N–H and O–H groups in total. The molecule has 2 atom stereocenters. The molecule has 108 valence electrons. The fourth-order valence-electron chi connectivity index (χ4n) is 4.63. The topological polar surface area (TPSA) is 29.3 Å². The smallest absolute Gasteiger partial charge is 0.0341 e. The first kappa shape index (κ1) is 12.8. The van der Waals surface area contributed by atoms with Crippen LogP contribution < -0.4 is 5.73 Å². The molecule has 1 aromatic rings. The van der Waals surface area contributed by atoms with E-state index in [0.717, 1.165) is 31.5 Å². The second-order valence-electron chi connectivity index (χ2n) is 7.25. The molecule has 2 aliphatic carbocycles. The van der Waals surface area contributed by atoms with Crippen molar-refractivity contribution in [1.29, 1.82) is 0 Å². The number of benzene rings is 1. The Hall–Kier alpha value is -0.860. The Bertz CT molecular complexity index is 469. The lowest BCUT2D eigenvalue weighted by molar-refractivity contribution is 0.0276. The molecule has 0 aromatic heterocycles. The van der Waals surface area contributed by atoms with Crippen molar-refractivity contribution in [1.82, 2.24) is 4.90 Å². The van der Waals surface area contributed by atoms with E-state index in [1.807, 2.05) is 0 Å². The maximum atomic E-state index is 6.29. The highest BCUT2D eigenvalue weighted by molar-refractivity contribution is 5.31. The minimum Gasteiger partial charge on any atom is -0.329 e. The normalized spacial score (nSPS) is 34.1. The Kier molecular flexibility index (Phi) is 3.12. The highest BCUT2D eigenvalue weighted by Crippen LogP contribution is 2.49. The van der Waals surface area contributed by atoms with E-state index in [9.17, 15) is 0 Å². The van der Waals surface area contributed by atoms with Gasteiger partial charge in [-0.2, -0.15) is 0 Å². The first-order valence-corrected chi connectivity index (χ1v) is 8.33. The Morgan fingerprint density at radius 1 is 1.05 bits per heavy atom. The van der Waals surface area contributed by atoms with Crippen LogP contribution in [0.2, 0.25) is 0 Å². The molecular formula is C18H26N2. The zero-order valence-electron chi connectivity index (χ0n) is 12.4. The number of hydrogen-bond acceptors (Lipinski definition) is 2. The first-order chi connectivity index (χ1) is 9.81. The van der Waals surface area contributed by atoms with Gasteiger partial charge in [0.2, 0.25) is 0 Å². The van der Waals surface area contributed by atoms with E-state index in [-0.39, 0.29) is 5.54 Å². The lowest BCUT2D eigenvalue weighted by atomic mass is 9.73. The van der Waals surface area contributed by atoms with E-state index >= 15 is 0 Å². The zero-order valence-corrected chi connectivity index (χ0v) is 12.4. The van der Waals surface area contributed by atoms with Crippen molar-refractivity contribution in [3.8, 4) is 0 Å². The highest BCUT2D eigenvalue weighted by Gasteiger charge is 2.45. The van der Waals surface area contributed by atoms with Gasteiger partial charge in [-0.05, 0) is 48.6 Å². The molecule has 2 saturated carbocycles. The largest absolute Gasteiger partial charge is 0.329 e. The Balaban J connectivity index is 1.56. The molecule has 0 saturated heterocycles. The molecule has 4 rings (SSSR count). The van der Waals surface area contributed by atoms with Gasteiger partial charge in [-0.1, -0.05) is 37.1 Å². The number of nitrogens with zero attached hydrogens (tertiary/aromatic N) is 1. The van der Waals surface area contributed by atoms with Crippen LogP contribution in [0.15, 0.2) is 24.3 Å². The summed E-state index contributed by atoms with van der Waals surface area (Å²) in [6.07, 6.45) is 8.44. The van der Waals surface area contributed by atoms with Crippen molar-refractivity contribution in [3.63, 3.8) is 0 Å². The lowest BCUT2D eigenvalue weighted by Crippen LogP contribution is -2.54. The Labute approximate surface area is 122 Å². The standard InChI is InChI=1S/C18H26N2/c19-13-18(9-3-6-15(10-18)14-7-8-14)20-11-16-4-1-2-5-17(16)12-20/h1-2,4-5,14-15H,3,6-13,19H2. The third kappa shape index (κ3) is 2.10. The molecule has 20 heavy (non-hydrogen) atoms. The third-order valence-corrected chi connectivity index (χ3v) is 6.04. The summed E-state index contributed by atoms with van der Waals surface area (Å²) in [7, 11) is 0. The van der Waals surface area contributed by atoms with Crippen molar-refractivity contribution in [3.05, 3.63) is 35.4 Å². The van der Waals surface area contributed by atoms with Gasteiger partial charge in [-0.25, -0.2) is 0 Å². The molecule has 1 aliphatic heterocycles. The van der Waals surface area contributed by atoms with E-state index in [1.54, 1.807) is 0 Å². The average Bonchev–Trinajstić information content (AvgIpc) is 3.26. The van der Waals surface area contributed by atoms with Crippen LogP contribution in [0.4, 0.5) is 0 Å². The van der Waals surface area contributed by atoms with Gasteiger partial charge in [-0.15, -0.1) is 0 Å². The molecule has 1 heterocycles. The Morgan fingerprint density at radius 2 is 1.75 bits per heavy atom. The predicted octanol–water partition coefficient (Wildman–Crippen LogP) is 3.30. The van der Waals surface area contributed by atoms with Crippen molar-refractivity contribution < 1.29 is 0 Å². The second kappa shape index (κ2) is 4.85. The summed E-state index contributed by atoms with van der Waals surface area (Å²) in [6, 6.07) is 8.93. The average molecular weight is 270 g/mol. The molecule has 1 aromatic carbocycles. The monoisotopic (exact) mass is 270 g/mol. The third-order valence-electron chi connectivity index (χ3n) is 6.04. The summed E-state index contributed by atoms with van der Waals surface area (Å²) in [4.78, 5) is 2.70. The fourth-order valence-corrected chi connectivity index (χ4v) is 4.63. The number of fused-ring (bicyclic) bond motifs is 1. The van der Waals surface area contributed by atoms with Gasteiger partial charge in [0, 0.05) is 25.2 Å². The van der Waals surface area contributed by atoms with Crippen LogP contribution in [-0.2, 0) is 13.1 Å². The van der Waals surface area contributed by atoms with Gasteiger partial charge in [0.25, 0.3) is 0 Å². The maximum absolute atomic E-state index is 6.29. The van der Waals surface area contributed by atoms with Gasteiger partial charge in [0.1, 0.15) is 0 Å². The van der Waals surface area contributed by atoms with Gasteiger partial charge < -0.3 is 5.73 Å². The predicted molar refractivity (Wildman–Crippen MR) is 82.2 cm³/mol. The van der Waals surface area contributed by atoms with Crippen molar-refractivity contribution in [2.75, 3.05) is 6.54 Å². The summed E-state index contributed by atoms with van der Waals surface area (Å²) in [5.41, 5.74) is 9.62. The number of rotatable bonds is 3. The fraction of sp³-hybridized carbons (Fsp3) is 0.667. The van der Waals surface area contributed by atoms with Gasteiger partial charge in [0.15, 0.2) is 0 Å². The Morgan fingerprint density at radius 3 is 2.35 bits per heavy atom. The van der Waals surface area contributed by atoms with Crippen LogP contribution in [-0.4, -0.2) is 17.0 Å². The molecule has 0 bridgehead atoms. The minimum atomic E-state index is 0.282.